The second-order valence-electron chi connectivity index (χ2n) is 6.55. The van der Waals surface area contributed by atoms with E-state index in [0.717, 1.165) is 60.5 Å². The lowest BCUT2D eigenvalue weighted by atomic mass is 10.1. The number of nitrogens with one attached hydrogen (secondary N) is 1. The molecule has 6 nitrogen and oxygen atoms in total. The first-order chi connectivity index (χ1) is 13.3. The van der Waals surface area contributed by atoms with Crippen LogP contribution in [-0.2, 0) is 6.42 Å². The summed E-state index contributed by atoms with van der Waals surface area (Å²) in [5, 5.41) is 3.36. The highest BCUT2D eigenvalue weighted by molar-refractivity contribution is 7.99. The fourth-order valence-electron chi connectivity index (χ4n) is 2.98. The number of rotatable bonds is 6. The zero-order chi connectivity index (χ0) is 18.5. The fourth-order valence-corrected chi connectivity index (χ4v) is 3.88. The van der Waals surface area contributed by atoms with Crippen LogP contribution < -0.4 is 10.2 Å². The first kappa shape index (κ1) is 17.9. The predicted molar refractivity (Wildman–Crippen MR) is 110 cm³/mol. The molecule has 1 aliphatic rings. The molecule has 1 aliphatic heterocycles. The Morgan fingerprint density at radius 1 is 1.15 bits per heavy atom. The third-order valence-electron chi connectivity index (χ3n) is 4.53. The van der Waals surface area contributed by atoms with Gasteiger partial charge in [0.1, 0.15) is 24.2 Å². The lowest BCUT2D eigenvalue weighted by Gasteiger charge is -2.27. The topological polar surface area (TPSA) is 67.1 Å². The maximum absolute atomic E-state index is 5.62. The van der Waals surface area contributed by atoms with Crippen molar-refractivity contribution in [2.24, 2.45) is 0 Å². The number of aromatic nitrogens is 3. The molecule has 1 N–H and O–H groups in total. The molecule has 0 saturated carbocycles. The highest BCUT2D eigenvalue weighted by atomic mass is 32.2. The highest BCUT2D eigenvalue weighted by Crippen LogP contribution is 2.20. The predicted octanol–water partition coefficient (Wildman–Crippen LogP) is 3.65. The third-order valence-corrected chi connectivity index (χ3v) is 5.47. The van der Waals surface area contributed by atoms with E-state index in [0.29, 0.717) is 5.89 Å². The second-order valence-corrected chi connectivity index (χ2v) is 7.77. The number of benzene rings is 1. The van der Waals surface area contributed by atoms with E-state index in [-0.39, 0.29) is 0 Å². The van der Waals surface area contributed by atoms with Gasteiger partial charge in [0, 0.05) is 49.2 Å². The van der Waals surface area contributed by atoms with E-state index in [1.165, 1.54) is 5.56 Å². The van der Waals surface area contributed by atoms with Gasteiger partial charge in [-0.2, -0.15) is 11.8 Å². The lowest BCUT2D eigenvalue weighted by Crippen LogP contribution is -2.33. The minimum absolute atomic E-state index is 0.664. The van der Waals surface area contributed by atoms with Gasteiger partial charge >= 0.3 is 0 Å². The molecule has 0 bridgehead atoms. The summed E-state index contributed by atoms with van der Waals surface area (Å²) < 4.78 is 5.62. The summed E-state index contributed by atoms with van der Waals surface area (Å²) in [6, 6.07) is 10.2. The van der Waals surface area contributed by atoms with Gasteiger partial charge in [0.25, 0.3) is 0 Å². The molecule has 0 amide bonds. The van der Waals surface area contributed by atoms with E-state index >= 15 is 0 Å². The van der Waals surface area contributed by atoms with Gasteiger partial charge in [0.15, 0.2) is 0 Å². The highest BCUT2D eigenvalue weighted by Gasteiger charge is 2.13. The first-order valence-corrected chi connectivity index (χ1v) is 10.3. The quantitative estimate of drug-likeness (QED) is 0.699. The standard InChI is InChI=1S/C20H23N5OS/c1-15-2-4-16(5-3-15)20-24-17(13-26-20)6-7-21-18-12-19(23-14-22-18)25-8-10-27-11-9-25/h2-5,12-14H,6-11H2,1H3,(H,21,22,23). The van der Waals surface area contributed by atoms with Crippen molar-refractivity contribution < 1.29 is 4.42 Å². The van der Waals surface area contributed by atoms with Crippen LogP contribution in [0.1, 0.15) is 11.3 Å². The molecule has 0 unspecified atom stereocenters. The zero-order valence-corrected chi connectivity index (χ0v) is 16.2. The van der Waals surface area contributed by atoms with E-state index in [1.807, 2.05) is 30.0 Å². The number of hydrogen-bond acceptors (Lipinski definition) is 7. The Morgan fingerprint density at radius 2 is 1.96 bits per heavy atom. The molecule has 7 heteroatoms. The van der Waals surface area contributed by atoms with Crippen LogP contribution in [-0.4, -0.2) is 46.1 Å². The van der Waals surface area contributed by atoms with Gasteiger partial charge in [0.2, 0.25) is 5.89 Å². The van der Waals surface area contributed by atoms with Crippen LogP contribution in [0.3, 0.4) is 0 Å². The van der Waals surface area contributed by atoms with Crippen molar-refractivity contribution in [2.75, 3.05) is 41.4 Å². The van der Waals surface area contributed by atoms with Gasteiger partial charge in [-0.05, 0) is 19.1 Å². The van der Waals surface area contributed by atoms with Crippen molar-refractivity contribution in [1.82, 2.24) is 15.0 Å². The molecule has 3 aromatic rings. The normalized spacial score (nSPS) is 14.3. The van der Waals surface area contributed by atoms with Crippen LogP contribution >= 0.6 is 11.8 Å². The minimum atomic E-state index is 0.664. The number of oxazole rings is 1. The van der Waals surface area contributed by atoms with E-state index < -0.39 is 0 Å². The molecule has 0 spiro atoms. The summed E-state index contributed by atoms with van der Waals surface area (Å²) in [4.78, 5) is 15.6. The largest absolute Gasteiger partial charge is 0.444 e. The smallest absolute Gasteiger partial charge is 0.226 e. The van der Waals surface area contributed by atoms with Crippen LogP contribution in [0.15, 0.2) is 47.3 Å². The van der Waals surface area contributed by atoms with Crippen molar-refractivity contribution in [2.45, 2.75) is 13.3 Å². The number of anilines is 2. The summed E-state index contributed by atoms with van der Waals surface area (Å²) in [5.41, 5.74) is 3.16. The maximum atomic E-state index is 5.62. The Labute approximate surface area is 163 Å². The monoisotopic (exact) mass is 381 g/mol. The number of aryl methyl sites for hydroxylation is 1. The van der Waals surface area contributed by atoms with Crippen molar-refractivity contribution in [3.05, 3.63) is 54.2 Å². The van der Waals surface area contributed by atoms with Gasteiger partial charge in [-0.25, -0.2) is 15.0 Å². The molecule has 0 radical (unpaired) electrons. The average Bonchev–Trinajstić information content (AvgIpc) is 3.18. The molecule has 2 aromatic heterocycles. The van der Waals surface area contributed by atoms with Gasteiger partial charge in [-0.1, -0.05) is 17.7 Å². The molecule has 3 heterocycles. The number of thioether (sulfide) groups is 1. The summed E-state index contributed by atoms with van der Waals surface area (Å²) in [5.74, 6) is 4.82. The Morgan fingerprint density at radius 3 is 2.78 bits per heavy atom. The summed E-state index contributed by atoms with van der Waals surface area (Å²) in [6.07, 6.45) is 4.13. The Balaban J connectivity index is 1.33. The molecule has 27 heavy (non-hydrogen) atoms. The van der Waals surface area contributed by atoms with Crippen molar-refractivity contribution >= 4 is 23.4 Å². The fraction of sp³-hybridized carbons (Fsp3) is 0.350. The molecule has 1 saturated heterocycles. The SMILES string of the molecule is Cc1ccc(-c2nc(CCNc3cc(N4CCSCC4)ncn3)co2)cc1. The van der Waals surface area contributed by atoms with Gasteiger partial charge in [-0.3, -0.25) is 0 Å². The zero-order valence-electron chi connectivity index (χ0n) is 15.4. The molecule has 1 aromatic carbocycles. The summed E-state index contributed by atoms with van der Waals surface area (Å²) >= 11 is 1.99. The van der Waals surface area contributed by atoms with Crippen LogP contribution in [0.4, 0.5) is 11.6 Å². The first-order valence-electron chi connectivity index (χ1n) is 9.18. The van der Waals surface area contributed by atoms with Crippen molar-refractivity contribution in [3.8, 4) is 11.5 Å². The Kier molecular flexibility index (Phi) is 5.58. The molecule has 1 fully saturated rings. The van der Waals surface area contributed by atoms with E-state index in [1.54, 1.807) is 12.6 Å². The third kappa shape index (κ3) is 4.60. The van der Waals surface area contributed by atoms with E-state index in [4.69, 9.17) is 4.42 Å². The van der Waals surface area contributed by atoms with E-state index in [2.05, 4.69) is 44.2 Å². The number of hydrogen-bond donors (Lipinski definition) is 1. The molecule has 0 aliphatic carbocycles. The molecule has 4 rings (SSSR count). The van der Waals surface area contributed by atoms with Crippen molar-refractivity contribution in [3.63, 3.8) is 0 Å². The van der Waals surface area contributed by atoms with Gasteiger partial charge < -0.3 is 14.6 Å². The average molecular weight is 382 g/mol. The molecular weight excluding hydrogens is 358 g/mol. The van der Waals surface area contributed by atoms with Crippen LogP contribution in [0, 0.1) is 6.92 Å². The Hall–Kier alpha value is -2.54. The summed E-state index contributed by atoms with van der Waals surface area (Å²) in [7, 11) is 0. The molecule has 0 atom stereocenters. The summed E-state index contributed by atoms with van der Waals surface area (Å²) in [6.45, 7) is 4.90. The molecular formula is C20H23N5OS. The maximum Gasteiger partial charge on any atom is 0.226 e. The number of nitrogens with zero attached hydrogens (tertiary/aromatic N) is 4. The van der Waals surface area contributed by atoms with Crippen LogP contribution in [0.25, 0.3) is 11.5 Å². The van der Waals surface area contributed by atoms with Crippen LogP contribution in [0.5, 0.6) is 0 Å². The van der Waals surface area contributed by atoms with E-state index in [9.17, 15) is 0 Å². The minimum Gasteiger partial charge on any atom is -0.444 e. The van der Waals surface area contributed by atoms with Crippen LogP contribution in [0.2, 0.25) is 0 Å². The lowest BCUT2D eigenvalue weighted by molar-refractivity contribution is 0.572. The Bertz CT molecular complexity index is 874. The van der Waals surface area contributed by atoms with Gasteiger partial charge in [-0.15, -0.1) is 0 Å². The van der Waals surface area contributed by atoms with Gasteiger partial charge in [0.05, 0.1) is 5.69 Å². The van der Waals surface area contributed by atoms with Crippen molar-refractivity contribution in [1.29, 1.82) is 0 Å². The molecule has 140 valence electrons. The second kappa shape index (κ2) is 8.43.